The van der Waals surface area contributed by atoms with Gasteiger partial charge in [0.15, 0.2) is 0 Å². The highest BCUT2D eigenvalue weighted by atomic mass is 35.5. The highest BCUT2D eigenvalue weighted by molar-refractivity contribution is 7.90. The van der Waals surface area contributed by atoms with Gasteiger partial charge in [0.1, 0.15) is 23.2 Å². The lowest BCUT2D eigenvalue weighted by Crippen LogP contribution is -2.58. The molecule has 4 amide bonds. The van der Waals surface area contributed by atoms with Crippen LogP contribution in [0.2, 0.25) is 10.0 Å². The summed E-state index contributed by atoms with van der Waals surface area (Å²) in [5.74, 6) is -2.01. The van der Waals surface area contributed by atoms with Crippen LogP contribution in [-0.2, 0) is 29.1 Å². The number of alkyl carbamates (subject to hydrolysis) is 1. The molecule has 1 aliphatic carbocycles. The molecule has 1 saturated carbocycles. The maximum atomic E-state index is 13.8. The van der Waals surface area contributed by atoms with Gasteiger partial charge in [0, 0.05) is 16.6 Å². The molecule has 45 heavy (non-hydrogen) atoms. The molecule has 2 heterocycles. The van der Waals surface area contributed by atoms with Crippen molar-refractivity contribution in [2.24, 2.45) is 5.92 Å². The van der Waals surface area contributed by atoms with Crippen LogP contribution >= 0.6 is 23.2 Å². The van der Waals surface area contributed by atoms with E-state index in [4.69, 9.17) is 27.9 Å². The molecular weight excluding hydrogens is 643 g/mol. The van der Waals surface area contributed by atoms with E-state index in [1.54, 1.807) is 20.8 Å². The quantitative estimate of drug-likeness (QED) is 0.400. The summed E-state index contributed by atoms with van der Waals surface area (Å²) in [6.07, 6.45) is 7.97. The first kappa shape index (κ1) is 35.3. The SMILES string of the molecule is CC(C)(C)OC(=O)NC1CCCCCCCCC[C@@H]2C[C@@]2(C(=O)NS(=O)(=O)c2cc(Cl)cc(Cl)c2)NC(=O)[C@@H]2CCCN2C1=O. The van der Waals surface area contributed by atoms with Crippen molar-refractivity contribution in [3.05, 3.63) is 28.2 Å². The number of nitrogens with zero attached hydrogens (tertiary/aromatic N) is 1. The predicted molar refractivity (Wildman–Crippen MR) is 170 cm³/mol. The number of rotatable bonds is 4. The van der Waals surface area contributed by atoms with E-state index >= 15 is 0 Å². The number of hydrogen-bond acceptors (Lipinski definition) is 7. The Bertz CT molecular complexity index is 1380. The number of ether oxygens (including phenoxy) is 1. The van der Waals surface area contributed by atoms with Gasteiger partial charge in [0.05, 0.1) is 4.90 Å². The van der Waals surface area contributed by atoms with E-state index in [9.17, 15) is 27.6 Å². The van der Waals surface area contributed by atoms with E-state index in [-0.39, 0.29) is 33.2 Å². The summed E-state index contributed by atoms with van der Waals surface area (Å²) in [4.78, 5) is 55.1. The van der Waals surface area contributed by atoms with Gasteiger partial charge >= 0.3 is 6.09 Å². The zero-order valence-electron chi connectivity index (χ0n) is 26.1. The van der Waals surface area contributed by atoms with Crippen molar-refractivity contribution in [3.8, 4) is 0 Å². The number of halogens is 2. The number of benzene rings is 1. The number of nitrogens with one attached hydrogen (secondary N) is 3. The molecule has 3 aliphatic rings. The molecule has 1 aromatic rings. The average Bonchev–Trinajstić information content (AvgIpc) is 3.39. The molecule has 11 nitrogen and oxygen atoms in total. The molecule has 4 rings (SSSR count). The van der Waals surface area contributed by atoms with Gasteiger partial charge in [-0.1, -0.05) is 68.1 Å². The monoisotopic (exact) mass is 686 g/mol. The van der Waals surface area contributed by atoms with Gasteiger partial charge in [-0.05, 0) is 77.0 Å². The van der Waals surface area contributed by atoms with Crippen molar-refractivity contribution in [1.29, 1.82) is 0 Å². The first-order valence-corrected chi connectivity index (χ1v) is 18.0. The summed E-state index contributed by atoms with van der Waals surface area (Å²) in [6.45, 7) is 5.53. The van der Waals surface area contributed by atoms with Gasteiger partial charge in [-0.25, -0.2) is 17.9 Å². The third-order valence-electron chi connectivity index (χ3n) is 8.60. The lowest BCUT2D eigenvalue weighted by molar-refractivity contribution is -0.141. The van der Waals surface area contributed by atoms with Gasteiger partial charge in [0.2, 0.25) is 11.8 Å². The molecule has 0 spiro atoms. The van der Waals surface area contributed by atoms with Crippen LogP contribution in [0.4, 0.5) is 4.79 Å². The minimum atomic E-state index is -4.35. The Morgan fingerprint density at radius 1 is 0.933 bits per heavy atom. The molecule has 4 atom stereocenters. The third kappa shape index (κ3) is 9.25. The van der Waals surface area contributed by atoms with Crippen LogP contribution in [0.3, 0.4) is 0 Å². The van der Waals surface area contributed by atoms with Crippen LogP contribution in [0.5, 0.6) is 0 Å². The first-order chi connectivity index (χ1) is 21.1. The number of sulfonamides is 1. The number of fused-ring (bicyclic) bond motifs is 2. The molecule has 3 N–H and O–H groups in total. The Balaban J connectivity index is 1.56. The Hall–Kier alpha value is -2.57. The Kier molecular flexibility index (Phi) is 11.3. The van der Waals surface area contributed by atoms with Crippen LogP contribution < -0.4 is 15.4 Å². The molecule has 3 fully saturated rings. The van der Waals surface area contributed by atoms with Crippen LogP contribution in [0.25, 0.3) is 0 Å². The summed E-state index contributed by atoms with van der Waals surface area (Å²) < 4.78 is 33.9. The van der Waals surface area contributed by atoms with E-state index < -0.39 is 51.2 Å². The lowest BCUT2D eigenvalue weighted by atomic mass is 10.0. The highest BCUT2D eigenvalue weighted by Gasteiger charge is 2.62. The molecule has 250 valence electrons. The molecule has 2 aliphatic heterocycles. The average molecular weight is 688 g/mol. The van der Waals surface area contributed by atoms with Crippen molar-refractivity contribution in [3.63, 3.8) is 0 Å². The Morgan fingerprint density at radius 2 is 1.53 bits per heavy atom. The van der Waals surface area contributed by atoms with Crippen molar-refractivity contribution in [1.82, 2.24) is 20.3 Å². The van der Waals surface area contributed by atoms with Gasteiger partial charge < -0.3 is 20.3 Å². The third-order valence-corrected chi connectivity index (χ3v) is 10.3. The van der Waals surface area contributed by atoms with Gasteiger partial charge in [0.25, 0.3) is 15.9 Å². The molecule has 0 radical (unpaired) electrons. The second-order valence-corrected chi connectivity index (χ2v) is 15.9. The lowest BCUT2D eigenvalue weighted by Gasteiger charge is -2.30. The number of hydrogen-bond donors (Lipinski definition) is 3. The largest absolute Gasteiger partial charge is 0.444 e. The van der Waals surface area contributed by atoms with Crippen molar-refractivity contribution >= 4 is 57.0 Å². The summed E-state index contributed by atoms with van der Waals surface area (Å²) in [6, 6.07) is 2.02. The van der Waals surface area contributed by atoms with Crippen molar-refractivity contribution in [2.45, 2.75) is 126 Å². The normalized spacial score (nSPS) is 27.0. The second-order valence-electron chi connectivity index (χ2n) is 13.3. The standard InChI is InChI=1S/C31H44Cl2N4O7S/c1-30(2,3)44-29(41)34-24-13-10-8-6-4-5-7-9-12-20-19-31(20,35-26(38)25-14-11-15-37(25)27(24)39)28(40)36-45(42,43)23-17-21(32)16-22(33)18-23/h16-18,20,24-25H,4-15,19H2,1-3H3,(H,34,41)(H,35,38)(H,36,40)/t20-,24?,25+,31-/m1/s1. The fourth-order valence-electron chi connectivity index (χ4n) is 6.26. The molecule has 14 heteroatoms. The smallest absolute Gasteiger partial charge is 0.408 e. The summed E-state index contributed by atoms with van der Waals surface area (Å²) >= 11 is 12.0. The molecule has 0 aromatic heterocycles. The van der Waals surface area contributed by atoms with Gasteiger partial charge in [-0.2, -0.15) is 0 Å². The maximum absolute atomic E-state index is 13.8. The van der Waals surface area contributed by atoms with E-state index in [0.717, 1.165) is 44.9 Å². The van der Waals surface area contributed by atoms with Crippen LogP contribution in [0.15, 0.2) is 23.1 Å². The van der Waals surface area contributed by atoms with Crippen molar-refractivity contribution < 1.29 is 32.3 Å². The van der Waals surface area contributed by atoms with Crippen molar-refractivity contribution in [2.75, 3.05) is 6.54 Å². The maximum Gasteiger partial charge on any atom is 0.408 e. The summed E-state index contributed by atoms with van der Waals surface area (Å²) in [7, 11) is -4.35. The first-order valence-electron chi connectivity index (χ1n) is 15.8. The Labute approximate surface area is 275 Å². The number of carbonyl (C=O) groups is 4. The van der Waals surface area contributed by atoms with E-state index in [0.29, 0.717) is 32.2 Å². The van der Waals surface area contributed by atoms with E-state index in [1.807, 2.05) is 0 Å². The zero-order valence-corrected chi connectivity index (χ0v) is 28.5. The fourth-order valence-corrected chi connectivity index (χ4v) is 8.02. The minimum absolute atomic E-state index is 0.0945. The summed E-state index contributed by atoms with van der Waals surface area (Å²) in [5, 5.41) is 5.78. The van der Waals surface area contributed by atoms with Gasteiger partial charge in [-0.3, -0.25) is 14.4 Å². The molecule has 2 saturated heterocycles. The van der Waals surface area contributed by atoms with E-state index in [1.165, 1.54) is 23.1 Å². The predicted octanol–water partition coefficient (Wildman–Crippen LogP) is 5.08. The fraction of sp³-hybridized carbons (Fsp3) is 0.677. The highest BCUT2D eigenvalue weighted by Crippen LogP contribution is 2.48. The topological polar surface area (TPSA) is 151 Å². The van der Waals surface area contributed by atoms with Crippen LogP contribution in [0, 0.1) is 5.92 Å². The second kappa shape index (κ2) is 14.5. The molecular formula is C31H44Cl2N4O7S. The van der Waals surface area contributed by atoms with Crippen LogP contribution in [-0.4, -0.2) is 66.9 Å². The number of amides is 4. The van der Waals surface area contributed by atoms with E-state index in [2.05, 4.69) is 15.4 Å². The number of carbonyl (C=O) groups excluding carboxylic acids is 4. The molecule has 1 unspecified atom stereocenters. The van der Waals surface area contributed by atoms with Crippen LogP contribution in [0.1, 0.15) is 97.8 Å². The molecule has 0 bridgehead atoms. The minimum Gasteiger partial charge on any atom is -0.444 e. The molecule has 1 aromatic carbocycles. The summed E-state index contributed by atoms with van der Waals surface area (Å²) in [5.41, 5.74) is -2.19. The van der Waals surface area contributed by atoms with Gasteiger partial charge in [-0.15, -0.1) is 0 Å². The zero-order chi connectivity index (χ0) is 33.0. The Morgan fingerprint density at radius 3 is 2.16 bits per heavy atom.